The van der Waals surface area contributed by atoms with Crippen LogP contribution in [0.1, 0.15) is 55.6 Å². The number of hydrogen-bond acceptors (Lipinski definition) is 3. The van der Waals surface area contributed by atoms with Crippen LogP contribution in [0.25, 0.3) is 11.0 Å². The number of nitrogens with one attached hydrogen (secondary N) is 2. The van der Waals surface area contributed by atoms with Crippen LogP contribution in [0.3, 0.4) is 0 Å². The lowest BCUT2D eigenvalue weighted by Crippen LogP contribution is -2.26. The maximum atomic E-state index is 5.27. The predicted molar refractivity (Wildman–Crippen MR) is 114 cm³/mol. The van der Waals surface area contributed by atoms with E-state index in [1.54, 1.807) is 0 Å². The zero-order chi connectivity index (χ0) is 18.7. The summed E-state index contributed by atoms with van der Waals surface area (Å²) in [5.74, 6) is 1.23. The maximum Gasteiger partial charge on any atom is 0.114 e. The van der Waals surface area contributed by atoms with Crippen LogP contribution >= 0.6 is 0 Å². The largest absolute Gasteiger partial charge is 0.382 e. The van der Waals surface area contributed by atoms with E-state index in [1.165, 1.54) is 59.4 Å². The van der Waals surface area contributed by atoms with Crippen molar-refractivity contribution in [2.24, 2.45) is 0 Å². The molecule has 0 amide bonds. The highest BCUT2D eigenvalue weighted by Gasteiger charge is 2.41. The van der Waals surface area contributed by atoms with E-state index in [1.807, 2.05) is 0 Å². The molecule has 3 aliphatic rings. The fourth-order valence-electron chi connectivity index (χ4n) is 5.71. The topological polar surface area (TPSA) is 41.9 Å². The second-order valence-electron chi connectivity index (χ2n) is 8.95. The van der Waals surface area contributed by atoms with Crippen molar-refractivity contribution >= 4 is 16.7 Å². The first-order chi connectivity index (χ1) is 13.8. The van der Waals surface area contributed by atoms with Gasteiger partial charge in [-0.2, -0.15) is 0 Å². The maximum absolute atomic E-state index is 5.27. The molecule has 0 saturated carbocycles. The molecule has 6 rings (SSSR count). The van der Waals surface area contributed by atoms with Crippen molar-refractivity contribution in [3.8, 4) is 0 Å². The van der Waals surface area contributed by atoms with Gasteiger partial charge in [-0.15, -0.1) is 0 Å². The van der Waals surface area contributed by atoms with Crippen molar-refractivity contribution in [3.05, 3.63) is 59.4 Å². The van der Waals surface area contributed by atoms with Crippen LogP contribution in [-0.2, 0) is 12.8 Å². The Bertz CT molecular complexity index is 1020. The second kappa shape index (κ2) is 6.35. The average molecular weight is 373 g/mol. The summed E-state index contributed by atoms with van der Waals surface area (Å²) in [4.78, 5) is 5.27. The third-order valence-electron chi connectivity index (χ3n) is 7.07. The monoisotopic (exact) mass is 372 g/mol. The molecular formula is C24H28N4. The Morgan fingerprint density at radius 2 is 1.96 bits per heavy atom. The Morgan fingerprint density at radius 1 is 1.07 bits per heavy atom. The third kappa shape index (κ3) is 2.58. The molecule has 4 atom stereocenters. The van der Waals surface area contributed by atoms with Gasteiger partial charge in [0.05, 0.1) is 17.1 Å². The first-order valence-electron chi connectivity index (χ1n) is 10.9. The number of imidazole rings is 1. The Morgan fingerprint density at radius 3 is 2.75 bits per heavy atom. The molecule has 2 aromatic carbocycles. The number of fused-ring (bicyclic) bond motifs is 5. The minimum absolute atomic E-state index is 0.538. The fraction of sp³-hybridized carbons (Fsp3) is 0.458. The van der Waals surface area contributed by atoms with E-state index >= 15 is 0 Å². The minimum atomic E-state index is 0.538. The van der Waals surface area contributed by atoms with E-state index in [4.69, 9.17) is 4.98 Å². The Balaban J connectivity index is 1.51. The first-order valence-corrected chi connectivity index (χ1v) is 10.9. The number of hydrogen-bond donors (Lipinski definition) is 2. The zero-order valence-corrected chi connectivity index (χ0v) is 16.5. The van der Waals surface area contributed by atoms with Gasteiger partial charge in [0.2, 0.25) is 0 Å². The highest BCUT2D eigenvalue weighted by Crippen LogP contribution is 2.41. The van der Waals surface area contributed by atoms with Gasteiger partial charge in [-0.05, 0) is 56.7 Å². The summed E-state index contributed by atoms with van der Waals surface area (Å²) in [7, 11) is 0. The fourth-order valence-corrected chi connectivity index (χ4v) is 5.71. The van der Waals surface area contributed by atoms with Gasteiger partial charge < -0.3 is 15.2 Å². The van der Waals surface area contributed by atoms with Gasteiger partial charge in [-0.1, -0.05) is 30.3 Å². The second-order valence-corrected chi connectivity index (χ2v) is 8.95. The molecule has 0 aliphatic carbocycles. The lowest BCUT2D eigenvalue weighted by Gasteiger charge is -2.26. The van der Waals surface area contributed by atoms with Crippen molar-refractivity contribution in [1.82, 2.24) is 14.9 Å². The van der Waals surface area contributed by atoms with E-state index in [0.29, 0.717) is 24.2 Å². The van der Waals surface area contributed by atoms with Crippen molar-refractivity contribution in [2.45, 2.75) is 69.6 Å². The summed E-state index contributed by atoms with van der Waals surface area (Å²) in [6, 6.07) is 17.8. The molecule has 28 heavy (non-hydrogen) atoms. The highest BCUT2D eigenvalue weighted by molar-refractivity contribution is 5.86. The quantitative estimate of drug-likeness (QED) is 0.714. The van der Waals surface area contributed by atoms with Crippen LogP contribution in [0, 0.1) is 0 Å². The Labute approximate surface area is 166 Å². The minimum Gasteiger partial charge on any atom is -0.382 e. The molecule has 0 unspecified atom stereocenters. The molecule has 0 radical (unpaired) electrons. The molecule has 144 valence electrons. The molecule has 2 fully saturated rings. The molecule has 2 N–H and O–H groups in total. The molecule has 3 aromatic rings. The van der Waals surface area contributed by atoms with Crippen molar-refractivity contribution in [2.75, 3.05) is 5.32 Å². The number of nitrogens with zero attached hydrogens (tertiary/aromatic N) is 2. The molecule has 4 nitrogen and oxygen atoms in total. The number of aryl methyl sites for hydroxylation is 1. The Kier molecular flexibility index (Phi) is 3.76. The predicted octanol–water partition coefficient (Wildman–Crippen LogP) is 4.44. The number of aromatic nitrogens is 2. The molecule has 0 spiro atoms. The average Bonchev–Trinajstić information content (AvgIpc) is 3.42. The van der Waals surface area contributed by atoms with Crippen LogP contribution in [0.5, 0.6) is 0 Å². The van der Waals surface area contributed by atoms with Gasteiger partial charge in [0.25, 0.3) is 0 Å². The molecule has 2 saturated heterocycles. The van der Waals surface area contributed by atoms with E-state index < -0.39 is 0 Å². The van der Waals surface area contributed by atoms with Gasteiger partial charge in [0.15, 0.2) is 0 Å². The standard InChI is InChI=1S/C24H28N4/c1-15-7-9-18-19(25-15)11-12-21-24(18)27-23(13-16-5-3-2-4-6-16)28(21)22-14-17-8-10-20(22)26-17/h2-6,11-12,15,17,20,22,25-26H,7-10,13-14H2,1H3/t15-,17-,20+,22-/m0/s1. The van der Waals surface area contributed by atoms with Crippen molar-refractivity contribution in [3.63, 3.8) is 0 Å². The highest BCUT2D eigenvalue weighted by atomic mass is 15.2. The summed E-state index contributed by atoms with van der Waals surface area (Å²) in [5.41, 5.74) is 6.61. The molecule has 2 bridgehead atoms. The van der Waals surface area contributed by atoms with Crippen LogP contribution in [0.15, 0.2) is 42.5 Å². The summed E-state index contributed by atoms with van der Waals surface area (Å²) in [5, 5.41) is 7.49. The van der Waals surface area contributed by atoms with E-state index in [9.17, 15) is 0 Å². The lowest BCUT2D eigenvalue weighted by atomic mass is 9.94. The summed E-state index contributed by atoms with van der Waals surface area (Å²) in [6.45, 7) is 2.27. The number of benzene rings is 2. The summed E-state index contributed by atoms with van der Waals surface area (Å²) >= 11 is 0. The smallest absolute Gasteiger partial charge is 0.114 e. The van der Waals surface area contributed by atoms with Crippen LogP contribution in [-0.4, -0.2) is 27.7 Å². The summed E-state index contributed by atoms with van der Waals surface area (Å²) in [6.07, 6.45) is 7.08. The number of anilines is 1. The normalized spacial score (nSPS) is 28.5. The van der Waals surface area contributed by atoms with E-state index in [-0.39, 0.29) is 0 Å². The molecule has 4 heterocycles. The van der Waals surface area contributed by atoms with Gasteiger partial charge in [0, 0.05) is 35.8 Å². The van der Waals surface area contributed by atoms with Gasteiger partial charge in [0.1, 0.15) is 5.82 Å². The SMILES string of the molecule is C[C@H]1CCc2c(ccc3c2nc(Cc2ccccc2)n3[C@H]2C[C@@H]3CC[C@H]2N3)N1. The lowest BCUT2D eigenvalue weighted by molar-refractivity contribution is 0.396. The van der Waals surface area contributed by atoms with Crippen molar-refractivity contribution in [1.29, 1.82) is 0 Å². The third-order valence-corrected chi connectivity index (χ3v) is 7.07. The van der Waals surface area contributed by atoms with Crippen molar-refractivity contribution < 1.29 is 0 Å². The van der Waals surface area contributed by atoms with Gasteiger partial charge in [-0.3, -0.25) is 0 Å². The molecule has 3 aliphatic heterocycles. The Hall–Kier alpha value is -2.33. The summed E-state index contributed by atoms with van der Waals surface area (Å²) < 4.78 is 2.59. The number of rotatable bonds is 3. The van der Waals surface area contributed by atoms with Gasteiger partial charge >= 0.3 is 0 Å². The molecule has 4 heteroatoms. The van der Waals surface area contributed by atoms with Crippen LogP contribution < -0.4 is 10.6 Å². The molecule has 1 aromatic heterocycles. The molecular weight excluding hydrogens is 344 g/mol. The van der Waals surface area contributed by atoms with E-state index in [2.05, 4.69) is 64.6 Å². The van der Waals surface area contributed by atoms with Crippen LogP contribution in [0.4, 0.5) is 5.69 Å². The first kappa shape index (κ1) is 16.6. The van der Waals surface area contributed by atoms with Gasteiger partial charge in [-0.25, -0.2) is 4.98 Å². The van der Waals surface area contributed by atoms with E-state index in [0.717, 1.165) is 12.8 Å². The zero-order valence-electron chi connectivity index (χ0n) is 16.5. The van der Waals surface area contributed by atoms with Crippen LogP contribution in [0.2, 0.25) is 0 Å².